The second kappa shape index (κ2) is 8.48. The average Bonchev–Trinajstić information content (AvgIpc) is 2.96. The summed E-state index contributed by atoms with van der Waals surface area (Å²) in [5.41, 5.74) is 7.22. The maximum Gasteiger partial charge on any atom is 0.0708 e. The predicted octanol–water partition coefficient (Wildman–Crippen LogP) is 9.54. The SMILES string of the molecule is c1ccc(-c2c3ccccc3c(-c3ccc(-c4ccccn4)c4ccccc34)c3ccccc23)cc1. The molecule has 6 aromatic carbocycles. The van der Waals surface area contributed by atoms with Crippen LogP contribution in [0.1, 0.15) is 0 Å². The van der Waals surface area contributed by atoms with Gasteiger partial charge < -0.3 is 0 Å². The summed E-state index contributed by atoms with van der Waals surface area (Å²) >= 11 is 0. The van der Waals surface area contributed by atoms with E-state index in [1.165, 1.54) is 54.6 Å². The van der Waals surface area contributed by atoms with Gasteiger partial charge in [0, 0.05) is 11.8 Å². The van der Waals surface area contributed by atoms with Gasteiger partial charge in [-0.25, -0.2) is 0 Å². The van der Waals surface area contributed by atoms with Crippen LogP contribution in [0.2, 0.25) is 0 Å². The molecule has 0 radical (unpaired) electrons. The molecule has 0 aliphatic heterocycles. The van der Waals surface area contributed by atoms with E-state index in [0.29, 0.717) is 0 Å². The molecule has 1 nitrogen and oxygen atoms in total. The molecule has 7 aromatic rings. The number of fused-ring (bicyclic) bond motifs is 3. The molecule has 0 aliphatic rings. The van der Waals surface area contributed by atoms with Crippen molar-refractivity contribution in [3.63, 3.8) is 0 Å². The lowest BCUT2D eigenvalue weighted by Crippen LogP contribution is -1.92. The highest BCUT2D eigenvalue weighted by atomic mass is 14.7. The second-order valence-electron chi connectivity index (χ2n) is 9.13. The van der Waals surface area contributed by atoms with Gasteiger partial charge in [-0.3, -0.25) is 4.98 Å². The van der Waals surface area contributed by atoms with Crippen molar-refractivity contribution in [1.29, 1.82) is 0 Å². The van der Waals surface area contributed by atoms with Crippen LogP contribution >= 0.6 is 0 Å². The fourth-order valence-corrected chi connectivity index (χ4v) is 5.60. The average molecular weight is 458 g/mol. The van der Waals surface area contributed by atoms with Crippen LogP contribution in [0.15, 0.2) is 140 Å². The standard InChI is InChI=1S/C35H23N/c1-2-12-24(13-3-1)34-28-16-6-8-18-30(28)35(31-19-9-7-17-29(31)34)32-22-21-27(33-20-10-11-23-36-33)25-14-4-5-15-26(25)32/h1-23H. The van der Waals surface area contributed by atoms with E-state index in [4.69, 9.17) is 0 Å². The Morgan fingerprint density at radius 3 is 1.39 bits per heavy atom. The zero-order valence-corrected chi connectivity index (χ0v) is 19.7. The molecule has 0 N–H and O–H groups in total. The molecule has 168 valence electrons. The first-order valence-corrected chi connectivity index (χ1v) is 12.3. The van der Waals surface area contributed by atoms with Crippen molar-refractivity contribution in [2.75, 3.05) is 0 Å². The van der Waals surface area contributed by atoms with Crippen molar-refractivity contribution in [3.8, 4) is 33.5 Å². The monoisotopic (exact) mass is 457 g/mol. The Labute approximate surface area is 210 Å². The summed E-state index contributed by atoms with van der Waals surface area (Å²) in [6.45, 7) is 0. The van der Waals surface area contributed by atoms with E-state index in [9.17, 15) is 0 Å². The fraction of sp³-hybridized carbons (Fsp3) is 0. The van der Waals surface area contributed by atoms with Crippen LogP contribution in [0.3, 0.4) is 0 Å². The van der Waals surface area contributed by atoms with Gasteiger partial charge in [0.2, 0.25) is 0 Å². The number of benzene rings is 6. The molecule has 1 heteroatoms. The maximum absolute atomic E-state index is 4.65. The van der Waals surface area contributed by atoms with Gasteiger partial charge in [-0.2, -0.15) is 0 Å². The summed E-state index contributed by atoms with van der Waals surface area (Å²) in [5, 5.41) is 7.54. The van der Waals surface area contributed by atoms with Crippen molar-refractivity contribution < 1.29 is 0 Å². The molecule has 0 fully saturated rings. The summed E-state index contributed by atoms with van der Waals surface area (Å²) in [7, 11) is 0. The molecule has 36 heavy (non-hydrogen) atoms. The largest absolute Gasteiger partial charge is 0.256 e. The summed E-state index contributed by atoms with van der Waals surface area (Å²) in [6, 6.07) is 47.7. The Balaban J connectivity index is 1.62. The predicted molar refractivity (Wildman–Crippen MR) is 153 cm³/mol. The first-order valence-electron chi connectivity index (χ1n) is 12.3. The van der Waals surface area contributed by atoms with E-state index >= 15 is 0 Å². The highest BCUT2D eigenvalue weighted by Gasteiger charge is 2.18. The second-order valence-corrected chi connectivity index (χ2v) is 9.13. The van der Waals surface area contributed by atoms with E-state index in [1.807, 2.05) is 18.3 Å². The van der Waals surface area contributed by atoms with Crippen molar-refractivity contribution in [2.45, 2.75) is 0 Å². The molecule has 0 atom stereocenters. The molecule has 0 bridgehead atoms. The van der Waals surface area contributed by atoms with Gasteiger partial charge in [0.15, 0.2) is 0 Å². The normalized spacial score (nSPS) is 11.3. The third-order valence-electron chi connectivity index (χ3n) is 7.13. The number of hydrogen-bond donors (Lipinski definition) is 0. The summed E-state index contributed by atoms with van der Waals surface area (Å²) < 4.78 is 0. The maximum atomic E-state index is 4.65. The molecule has 0 saturated heterocycles. The third-order valence-corrected chi connectivity index (χ3v) is 7.13. The first kappa shape index (κ1) is 20.6. The van der Waals surface area contributed by atoms with E-state index in [0.717, 1.165) is 11.3 Å². The van der Waals surface area contributed by atoms with Crippen molar-refractivity contribution in [1.82, 2.24) is 4.98 Å². The Hall–Kier alpha value is -4.75. The van der Waals surface area contributed by atoms with Crippen molar-refractivity contribution in [3.05, 3.63) is 140 Å². The number of nitrogens with zero attached hydrogens (tertiary/aromatic N) is 1. The van der Waals surface area contributed by atoms with E-state index in [-0.39, 0.29) is 0 Å². The van der Waals surface area contributed by atoms with Crippen LogP contribution in [-0.2, 0) is 0 Å². The van der Waals surface area contributed by atoms with E-state index < -0.39 is 0 Å². The highest BCUT2D eigenvalue weighted by Crippen LogP contribution is 2.46. The number of pyridine rings is 1. The minimum Gasteiger partial charge on any atom is -0.256 e. The number of rotatable bonds is 3. The van der Waals surface area contributed by atoms with Gasteiger partial charge in [-0.15, -0.1) is 0 Å². The Morgan fingerprint density at radius 2 is 0.806 bits per heavy atom. The van der Waals surface area contributed by atoms with Crippen LogP contribution in [0.25, 0.3) is 65.8 Å². The molecule has 7 rings (SSSR count). The quantitative estimate of drug-likeness (QED) is 0.241. The zero-order valence-electron chi connectivity index (χ0n) is 19.7. The van der Waals surface area contributed by atoms with Gasteiger partial charge in [-0.05, 0) is 66.7 Å². The van der Waals surface area contributed by atoms with Gasteiger partial charge in [0.05, 0.1) is 5.69 Å². The third kappa shape index (κ3) is 3.21. The molecular formula is C35H23N. The van der Waals surface area contributed by atoms with Crippen molar-refractivity contribution in [2.24, 2.45) is 0 Å². The lowest BCUT2D eigenvalue weighted by molar-refractivity contribution is 1.33. The minimum absolute atomic E-state index is 0.995. The molecular weight excluding hydrogens is 434 g/mol. The molecule has 0 aliphatic carbocycles. The summed E-state index contributed by atoms with van der Waals surface area (Å²) in [6.07, 6.45) is 1.86. The van der Waals surface area contributed by atoms with Crippen LogP contribution in [0, 0.1) is 0 Å². The van der Waals surface area contributed by atoms with Gasteiger partial charge in [0.1, 0.15) is 0 Å². The topological polar surface area (TPSA) is 12.9 Å². The molecule has 0 saturated carbocycles. The van der Waals surface area contributed by atoms with Gasteiger partial charge in [0.25, 0.3) is 0 Å². The number of aromatic nitrogens is 1. The Kier molecular flexibility index (Phi) is 4.85. The highest BCUT2D eigenvalue weighted by molar-refractivity contribution is 6.24. The molecule has 0 spiro atoms. The van der Waals surface area contributed by atoms with Gasteiger partial charge in [-0.1, -0.05) is 121 Å². The van der Waals surface area contributed by atoms with Crippen LogP contribution < -0.4 is 0 Å². The van der Waals surface area contributed by atoms with Crippen LogP contribution in [0.5, 0.6) is 0 Å². The lowest BCUT2D eigenvalue weighted by Gasteiger charge is -2.19. The van der Waals surface area contributed by atoms with E-state index in [2.05, 4.69) is 126 Å². The smallest absolute Gasteiger partial charge is 0.0708 e. The lowest BCUT2D eigenvalue weighted by atomic mass is 9.84. The van der Waals surface area contributed by atoms with Gasteiger partial charge >= 0.3 is 0 Å². The zero-order chi connectivity index (χ0) is 23.9. The van der Waals surface area contributed by atoms with E-state index in [1.54, 1.807) is 0 Å². The van der Waals surface area contributed by atoms with Crippen LogP contribution in [-0.4, -0.2) is 4.98 Å². The minimum atomic E-state index is 0.995. The molecule has 1 aromatic heterocycles. The molecule has 0 unspecified atom stereocenters. The summed E-state index contributed by atoms with van der Waals surface area (Å²) in [5.74, 6) is 0. The van der Waals surface area contributed by atoms with Crippen molar-refractivity contribution >= 4 is 32.3 Å². The summed E-state index contributed by atoms with van der Waals surface area (Å²) in [4.78, 5) is 4.65. The fourth-order valence-electron chi connectivity index (χ4n) is 5.60. The van der Waals surface area contributed by atoms with Crippen LogP contribution in [0.4, 0.5) is 0 Å². The Morgan fingerprint density at radius 1 is 0.333 bits per heavy atom. The molecule has 0 amide bonds. The number of hydrogen-bond acceptors (Lipinski definition) is 1. The Bertz CT molecular complexity index is 1810. The molecule has 1 heterocycles. The first-order chi connectivity index (χ1) is 17.9.